The highest BCUT2D eigenvalue weighted by Gasteiger charge is 2.21. The molecule has 1 N–H and O–H groups in total. The van der Waals surface area contributed by atoms with Gasteiger partial charge in [-0.3, -0.25) is 19.5 Å². The molecule has 2 aromatic rings. The molecule has 6 nitrogen and oxygen atoms in total. The molecular formula is C19H21FN4O2. The number of piperazine rings is 1. The second-order valence-electron chi connectivity index (χ2n) is 6.21. The minimum atomic E-state index is -0.478. The van der Waals surface area contributed by atoms with Crippen molar-refractivity contribution in [2.45, 2.75) is 6.54 Å². The minimum Gasteiger partial charge on any atom is -0.343 e. The van der Waals surface area contributed by atoms with Crippen molar-refractivity contribution in [3.63, 3.8) is 0 Å². The molecule has 0 saturated carbocycles. The zero-order valence-corrected chi connectivity index (χ0v) is 14.4. The molecule has 0 bridgehead atoms. The van der Waals surface area contributed by atoms with E-state index >= 15 is 0 Å². The number of carbonyl (C=O) groups is 2. The second-order valence-corrected chi connectivity index (χ2v) is 6.21. The maximum absolute atomic E-state index is 13.1. The van der Waals surface area contributed by atoms with Gasteiger partial charge in [0.1, 0.15) is 5.82 Å². The van der Waals surface area contributed by atoms with Crippen LogP contribution in [0.5, 0.6) is 0 Å². The fraction of sp³-hybridized carbons (Fsp3) is 0.316. The molecular weight excluding hydrogens is 335 g/mol. The molecule has 1 fully saturated rings. The molecule has 136 valence electrons. The lowest BCUT2D eigenvalue weighted by Gasteiger charge is -2.34. The van der Waals surface area contributed by atoms with Crippen molar-refractivity contribution in [1.82, 2.24) is 20.1 Å². The monoisotopic (exact) mass is 356 g/mol. The normalized spacial score (nSPS) is 14.9. The Morgan fingerprint density at radius 2 is 1.81 bits per heavy atom. The summed E-state index contributed by atoms with van der Waals surface area (Å²) < 4.78 is 13.1. The van der Waals surface area contributed by atoms with Crippen LogP contribution in [-0.2, 0) is 11.3 Å². The third-order valence-electron chi connectivity index (χ3n) is 4.37. The first-order chi connectivity index (χ1) is 12.6. The number of hydrogen-bond acceptors (Lipinski definition) is 4. The zero-order valence-electron chi connectivity index (χ0n) is 14.4. The van der Waals surface area contributed by atoms with Crippen LogP contribution in [0.25, 0.3) is 0 Å². The quantitative estimate of drug-likeness (QED) is 0.877. The molecule has 0 radical (unpaired) electrons. The van der Waals surface area contributed by atoms with Crippen LogP contribution in [-0.4, -0.2) is 59.3 Å². The SMILES string of the molecule is O=C(NCC(=O)N1CCN(Cc2ccncc2)CC1)c1cccc(F)c1. The molecule has 1 aliphatic heterocycles. The van der Waals surface area contributed by atoms with Crippen molar-refractivity contribution in [2.75, 3.05) is 32.7 Å². The van der Waals surface area contributed by atoms with Gasteiger partial charge in [0.25, 0.3) is 5.91 Å². The summed E-state index contributed by atoms with van der Waals surface area (Å²) in [4.78, 5) is 32.3. The smallest absolute Gasteiger partial charge is 0.251 e. The Labute approximate surface area is 151 Å². The van der Waals surface area contributed by atoms with E-state index in [4.69, 9.17) is 0 Å². The van der Waals surface area contributed by atoms with Crippen LogP contribution < -0.4 is 5.32 Å². The van der Waals surface area contributed by atoms with Gasteiger partial charge in [-0.15, -0.1) is 0 Å². The van der Waals surface area contributed by atoms with E-state index in [1.165, 1.54) is 23.8 Å². The summed E-state index contributed by atoms with van der Waals surface area (Å²) in [5.41, 5.74) is 1.40. The Morgan fingerprint density at radius 1 is 1.08 bits per heavy atom. The highest BCUT2D eigenvalue weighted by Crippen LogP contribution is 2.08. The summed E-state index contributed by atoms with van der Waals surface area (Å²) in [5, 5.41) is 2.56. The number of rotatable bonds is 5. The molecule has 0 unspecified atom stereocenters. The van der Waals surface area contributed by atoms with Crippen molar-refractivity contribution in [1.29, 1.82) is 0 Å². The Kier molecular flexibility index (Phi) is 5.91. The summed E-state index contributed by atoms with van der Waals surface area (Å²) in [6.07, 6.45) is 3.55. The first-order valence-electron chi connectivity index (χ1n) is 8.54. The van der Waals surface area contributed by atoms with Gasteiger partial charge in [-0.2, -0.15) is 0 Å². The topological polar surface area (TPSA) is 65.5 Å². The van der Waals surface area contributed by atoms with Gasteiger partial charge in [0.2, 0.25) is 5.91 Å². The van der Waals surface area contributed by atoms with Crippen molar-refractivity contribution < 1.29 is 14.0 Å². The van der Waals surface area contributed by atoms with E-state index < -0.39 is 11.7 Å². The molecule has 0 atom stereocenters. The number of nitrogens with zero attached hydrogens (tertiary/aromatic N) is 3. The molecule has 1 aliphatic rings. The van der Waals surface area contributed by atoms with Crippen LogP contribution in [0.3, 0.4) is 0 Å². The first kappa shape index (κ1) is 18.0. The number of pyridine rings is 1. The van der Waals surface area contributed by atoms with Crippen molar-refractivity contribution >= 4 is 11.8 Å². The molecule has 0 spiro atoms. The van der Waals surface area contributed by atoms with Gasteiger partial charge in [0.15, 0.2) is 0 Å². The van der Waals surface area contributed by atoms with E-state index in [0.29, 0.717) is 13.1 Å². The van der Waals surface area contributed by atoms with Gasteiger partial charge < -0.3 is 10.2 Å². The molecule has 26 heavy (non-hydrogen) atoms. The highest BCUT2D eigenvalue weighted by atomic mass is 19.1. The summed E-state index contributed by atoms with van der Waals surface area (Å²) in [5.74, 6) is -1.05. The molecule has 1 aromatic heterocycles. The number of hydrogen-bond donors (Lipinski definition) is 1. The standard InChI is InChI=1S/C19H21FN4O2/c20-17-3-1-2-16(12-17)19(26)22-13-18(25)24-10-8-23(9-11-24)14-15-4-6-21-7-5-15/h1-7,12H,8-11,13-14H2,(H,22,26). The number of halogens is 1. The van der Waals surface area contributed by atoms with Crippen LogP contribution in [0.2, 0.25) is 0 Å². The number of carbonyl (C=O) groups excluding carboxylic acids is 2. The van der Waals surface area contributed by atoms with E-state index in [1.54, 1.807) is 17.3 Å². The molecule has 1 aromatic carbocycles. The van der Waals surface area contributed by atoms with Gasteiger partial charge in [0.05, 0.1) is 6.54 Å². The maximum atomic E-state index is 13.1. The van der Waals surface area contributed by atoms with Crippen molar-refractivity contribution in [2.24, 2.45) is 0 Å². The fourth-order valence-corrected chi connectivity index (χ4v) is 2.90. The largest absolute Gasteiger partial charge is 0.343 e. The van der Waals surface area contributed by atoms with E-state index in [0.717, 1.165) is 25.7 Å². The van der Waals surface area contributed by atoms with E-state index in [2.05, 4.69) is 15.2 Å². The predicted octanol–water partition coefficient (Wildman–Crippen LogP) is 1.29. The number of benzene rings is 1. The summed E-state index contributed by atoms with van der Waals surface area (Å²) >= 11 is 0. The third kappa shape index (κ3) is 4.86. The van der Waals surface area contributed by atoms with Gasteiger partial charge in [-0.05, 0) is 35.9 Å². The lowest BCUT2D eigenvalue weighted by molar-refractivity contribution is -0.131. The van der Waals surface area contributed by atoms with Crippen LogP contribution in [0.4, 0.5) is 4.39 Å². The van der Waals surface area contributed by atoms with Crippen LogP contribution in [0.1, 0.15) is 15.9 Å². The number of nitrogens with one attached hydrogen (secondary N) is 1. The summed E-state index contributed by atoms with van der Waals surface area (Å²) in [7, 11) is 0. The summed E-state index contributed by atoms with van der Waals surface area (Å²) in [6.45, 7) is 3.57. The Balaban J connectivity index is 1.43. The number of amides is 2. The van der Waals surface area contributed by atoms with Gasteiger partial charge in [-0.25, -0.2) is 4.39 Å². The lowest BCUT2D eigenvalue weighted by Crippen LogP contribution is -2.50. The van der Waals surface area contributed by atoms with Crippen molar-refractivity contribution in [3.05, 3.63) is 65.7 Å². The fourth-order valence-electron chi connectivity index (χ4n) is 2.90. The average Bonchev–Trinajstić information content (AvgIpc) is 2.67. The molecule has 2 amide bonds. The van der Waals surface area contributed by atoms with Crippen LogP contribution >= 0.6 is 0 Å². The van der Waals surface area contributed by atoms with E-state index in [9.17, 15) is 14.0 Å². The molecule has 2 heterocycles. The Hall–Kier alpha value is -2.80. The third-order valence-corrected chi connectivity index (χ3v) is 4.37. The minimum absolute atomic E-state index is 0.0836. The molecule has 3 rings (SSSR count). The summed E-state index contributed by atoms with van der Waals surface area (Å²) in [6, 6.07) is 9.37. The molecule has 0 aliphatic carbocycles. The van der Waals surface area contributed by atoms with Crippen LogP contribution in [0, 0.1) is 5.82 Å². The van der Waals surface area contributed by atoms with Crippen LogP contribution in [0.15, 0.2) is 48.8 Å². The van der Waals surface area contributed by atoms with E-state index in [-0.39, 0.29) is 18.0 Å². The molecule has 1 saturated heterocycles. The Bertz CT molecular complexity index is 761. The van der Waals surface area contributed by atoms with E-state index in [1.807, 2.05) is 12.1 Å². The first-order valence-corrected chi connectivity index (χ1v) is 8.54. The predicted molar refractivity (Wildman–Crippen MR) is 94.8 cm³/mol. The Morgan fingerprint density at radius 3 is 2.50 bits per heavy atom. The highest BCUT2D eigenvalue weighted by molar-refractivity contribution is 5.96. The zero-order chi connectivity index (χ0) is 18.4. The molecule has 7 heteroatoms. The van der Waals surface area contributed by atoms with Crippen molar-refractivity contribution in [3.8, 4) is 0 Å². The maximum Gasteiger partial charge on any atom is 0.251 e. The second kappa shape index (κ2) is 8.53. The lowest BCUT2D eigenvalue weighted by atomic mass is 10.2. The average molecular weight is 356 g/mol. The number of aromatic nitrogens is 1. The van der Waals surface area contributed by atoms with Gasteiger partial charge in [-0.1, -0.05) is 6.07 Å². The van der Waals surface area contributed by atoms with Gasteiger partial charge >= 0.3 is 0 Å². The van der Waals surface area contributed by atoms with Gasteiger partial charge in [0, 0.05) is 50.7 Å².